The van der Waals surface area contributed by atoms with Crippen LogP contribution >= 0.6 is 0 Å². The zero-order valence-corrected chi connectivity index (χ0v) is 16.4. The molecule has 29 heavy (non-hydrogen) atoms. The third-order valence-corrected chi connectivity index (χ3v) is 5.57. The van der Waals surface area contributed by atoms with Crippen molar-refractivity contribution in [3.63, 3.8) is 0 Å². The first-order valence-corrected chi connectivity index (χ1v) is 10.2. The van der Waals surface area contributed by atoms with Crippen LogP contribution in [0.4, 0.5) is 0 Å². The summed E-state index contributed by atoms with van der Waals surface area (Å²) in [4.78, 5) is 9.71. The first-order valence-electron chi connectivity index (χ1n) is 10.2. The van der Waals surface area contributed by atoms with E-state index in [4.69, 9.17) is 14.5 Å². The Labute approximate surface area is 171 Å². The van der Waals surface area contributed by atoms with Crippen molar-refractivity contribution in [2.45, 2.75) is 12.8 Å². The number of nitrogens with zero attached hydrogens (tertiary/aromatic N) is 3. The predicted molar refractivity (Wildman–Crippen MR) is 113 cm³/mol. The highest BCUT2D eigenvalue weighted by Gasteiger charge is 2.29. The van der Waals surface area contributed by atoms with Gasteiger partial charge in [0.2, 0.25) is 0 Å². The first kappa shape index (κ1) is 18.2. The second-order valence-electron chi connectivity index (χ2n) is 7.52. The molecule has 0 aliphatic carbocycles. The maximum atomic E-state index is 6.16. The predicted octanol–water partition coefficient (Wildman–Crippen LogP) is 3.66. The van der Waals surface area contributed by atoms with Crippen molar-refractivity contribution in [2.24, 2.45) is 0 Å². The topological polar surface area (TPSA) is 37.8 Å². The third kappa shape index (κ3) is 4.11. The number of benzene rings is 2. The van der Waals surface area contributed by atoms with Crippen LogP contribution < -0.4 is 9.47 Å². The minimum Gasteiger partial charge on any atom is -0.484 e. The number of piperazine rings is 1. The molecule has 0 N–H and O–H groups in total. The van der Waals surface area contributed by atoms with Crippen LogP contribution in [0, 0.1) is 0 Å². The Bertz CT molecular complexity index is 955. The van der Waals surface area contributed by atoms with Crippen LogP contribution in [0.15, 0.2) is 72.8 Å². The molecule has 1 unspecified atom stereocenters. The Morgan fingerprint density at radius 1 is 0.793 bits per heavy atom. The Hall–Kier alpha value is -2.89. The molecule has 0 spiro atoms. The van der Waals surface area contributed by atoms with Crippen LogP contribution in [0.25, 0.3) is 11.3 Å². The molecule has 0 amide bonds. The summed E-state index contributed by atoms with van der Waals surface area (Å²) in [7, 11) is 0. The number of fused-ring (bicyclic) bond motifs is 1. The van der Waals surface area contributed by atoms with Gasteiger partial charge in [-0.2, -0.15) is 0 Å². The molecule has 1 saturated heterocycles. The van der Waals surface area contributed by atoms with Crippen molar-refractivity contribution >= 4 is 0 Å². The fourth-order valence-electron chi connectivity index (χ4n) is 3.96. The number of para-hydroxylation sites is 2. The van der Waals surface area contributed by atoms with Crippen LogP contribution in [-0.2, 0) is 6.54 Å². The van der Waals surface area contributed by atoms with Gasteiger partial charge in [-0.05, 0) is 24.3 Å². The molecule has 5 rings (SSSR count). The van der Waals surface area contributed by atoms with Crippen LogP contribution in [0.2, 0.25) is 0 Å². The summed E-state index contributed by atoms with van der Waals surface area (Å²) in [6, 6.07) is 24.5. The van der Waals surface area contributed by atoms with Crippen molar-refractivity contribution in [3.05, 3.63) is 78.5 Å². The van der Waals surface area contributed by atoms with Gasteiger partial charge in [0.1, 0.15) is 6.61 Å². The summed E-state index contributed by atoms with van der Waals surface area (Å²) in [6.45, 7) is 5.39. The number of rotatable bonds is 4. The van der Waals surface area contributed by atoms with E-state index < -0.39 is 0 Å². The molecule has 5 heteroatoms. The molecule has 1 aromatic heterocycles. The van der Waals surface area contributed by atoms with E-state index in [2.05, 4.69) is 52.3 Å². The molecule has 5 nitrogen and oxygen atoms in total. The largest absolute Gasteiger partial charge is 0.484 e. The smallest absolute Gasteiger partial charge is 0.187 e. The van der Waals surface area contributed by atoms with Gasteiger partial charge in [-0.25, -0.2) is 0 Å². The number of ether oxygens (including phenoxy) is 2. The molecule has 3 heterocycles. The van der Waals surface area contributed by atoms with Crippen molar-refractivity contribution in [3.8, 4) is 22.8 Å². The zero-order valence-electron chi connectivity index (χ0n) is 16.4. The monoisotopic (exact) mass is 387 g/mol. The van der Waals surface area contributed by atoms with E-state index in [9.17, 15) is 0 Å². The molecule has 0 saturated carbocycles. The quantitative estimate of drug-likeness (QED) is 0.683. The fourth-order valence-corrected chi connectivity index (χ4v) is 3.96. The van der Waals surface area contributed by atoms with E-state index >= 15 is 0 Å². The number of aromatic nitrogens is 1. The lowest BCUT2D eigenvalue weighted by Crippen LogP contribution is -2.54. The van der Waals surface area contributed by atoms with Crippen LogP contribution in [0.1, 0.15) is 5.69 Å². The minimum absolute atomic E-state index is 0.00779. The molecular weight excluding hydrogens is 362 g/mol. The number of pyridine rings is 1. The Morgan fingerprint density at radius 2 is 1.55 bits per heavy atom. The first-order chi connectivity index (χ1) is 14.3. The molecule has 2 aromatic carbocycles. The average Bonchev–Trinajstić information content (AvgIpc) is 2.80. The standard InChI is InChI=1S/C24H25N3O2/c1-2-7-19(8-3-1)21-10-6-9-20(25-21)17-26-13-15-27(16-14-26)24-18-28-22-11-4-5-12-23(22)29-24/h1-12,24H,13-18H2. The summed E-state index contributed by atoms with van der Waals surface area (Å²) in [6.07, 6.45) is -0.00779. The second kappa shape index (κ2) is 8.23. The summed E-state index contributed by atoms with van der Waals surface area (Å²) in [5, 5.41) is 0. The van der Waals surface area contributed by atoms with Crippen molar-refractivity contribution in [1.29, 1.82) is 0 Å². The molecule has 0 bridgehead atoms. The average molecular weight is 387 g/mol. The van der Waals surface area contributed by atoms with Crippen LogP contribution in [0.3, 0.4) is 0 Å². The molecular formula is C24H25N3O2. The molecule has 2 aliphatic heterocycles. The summed E-state index contributed by atoms with van der Waals surface area (Å²) in [5.41, 5.74) is 3.31. The lowest BCUT2D eigenvalue weighted by Gasteiger charge is -2.40. The van der Waals surface area contributed by atoms with Crippen molar-refractivity contribution < 1.29 is 9.47 Å². The van der Waals surface area contributed by atoms with E-state index in [-0.39, 0.29) is 6.23 Å². The van der Waals surface area contributed by atoms with E-state index in [1.165, 1.54) is 0 Å². The zero-order chi connectivity index (χ0) is 19.5. The van der Waals surface area contributed by atoms with Gasteiger partial charge in [-0.1, -0.05) is 48.5 Å². The van der Waals surface area contributed by atoms with Gasteiger partial charge in [-0.3, -0.25) is 14.8 Å². The molecule has 3 aromatic rings. The molecule has 2 aliphatic rings. The Balaban J connectivity index is 1.18. The SMILES string of the molecule is c1ccc(-c2cccc(CN3CCN(C4COc5ccccc5O4)CC3)n2)cc1. The maximum Gasteiger partial charge on any atom is 0.187 e. The molecule has 1 atom stereocenters. The Morgan fingerprint density at radius 3 is 2.38 bits per heavy atom. The minimum atomic E-state index is -0.00779. The Kier molecular flexibility index (Phi) is 5.15. The molecule has 1 fully saturated rings. The summed E-state index contributed by atoms with van der Waals surface area (Å²) < 4.78 is 12.0. The highest BCUT2D eigenvalue weighted by molar-refractivity contribution is 5.58. The van der Waals surface area contributed by atoms with E-state index in [1.807, 2.05) is 30.3 Å². The van der Waals surface area contributed by atoms with Gasteiger partial charge in [0.25, 0.3) is 0 Å². The fraction of sp³-hybridized carbons (Fsp3) is 0.292. The molecule has 148 valence electrons. The van der Waals surface area contributed by atoms with Crippen molar-refractivity contribution in [2.75, 3.05) is 32.8 Å². The van der Waals surface area contributed by atoms with Gasteiger partial charge in [0, 0.05) is 38.3 Å². The van der Waals surface area contributed by atoms with Crippen LogP contribution in [0.5, 0.6) is 11.5 Å². The number of hydrogen-bond donors (Lipinski definition) is 0. The lowest BCUT2D eigenvalue weighted by atomic mass is 10.1. The second-order valence-corrected chi connectivity index (χ2v) is 7.52. The van der Waals surface area contributed by atoms with Crippen molar-refractivity contribution in [1.82, 2.24) is 14.8 Å². The van der Waals surface area contributed by atoms with Gasteiger partial charge in [0.05, 0.1) is 11.4 Å². The highest BCUT2D eigenvalue weighted by atomic mass is 16.6. The van der Waals surface area contributed by atoms with Gasteiger partial charge in [0.15, 0.2) is 17.7 Å². The molecule has 0 radical (unpaired) electrons. The van der Waals surface area contributed by atoms with E-state index in [0.29, 0.717) is 6.61 Å². The normalized spacial score (nSPS) is 19.8. The van der Waals surface area contributed by atoms with Crippen LogP contribution in [-0.4, -0.2) is 53.8 Å². The van der Waals surface area contributed by atoms with E-state index in [0.717, 1.165) is 61.2 Å². The third-order valence-electron chi connectivity index (χ3n) is 5.57. The number of hydrogen-bond acceptors (Lipinski definition) is 5. The van der Waals surface area contributed by atoms with Gasteiger partial charge < -0.3 is 9.47 Å². The summed E-state index contributed by atoms with van der Waals surface area (Å²) in [5.74, 6) is 1.68. The lowest BCUT2D eigenvalue weighted by molar-refractivity contribution is -0.0503. The van der Waals surface area contributed by atoms with E-state index in [1.54, 1.807) is 0 Å². The summed E-state index contributed by atoms with van der Waals surface area (Å²) >= 11 is 0. The maximum absolute atomic E-state index is 6.16. The van der Waals surface area contributed by atoms with Gasteiger partial charge >= 0.3 is 0 Å². The highest BCUT2D eigenvalue weighted by Crippen LogP contribution is 2.32. The van der Waals surface area contributed by atoms with Gasteiger partial charge in [-0.15, -0.1) is 0 Å².